The molecule has 6 N–H and O–H groups in total. The van der Waals surface area contributed by atoms with Gasteiger partial charge in [-0.1, -0.05) is 134 Å². The van der Waals surface area contributed by atoms with Crippen molar-refractivity contribution in [3.8, 4) is 34.0 Å². The van der Waals surface area contributed by atoms with Crippen molar-refractivity contribution in [2.45, 2.75) is 86.6 Å². The van der Waals surface area contributed by atoms with Crippen LogP contribution in [0.5, 0.6) is 11.5 Å². The number of ether oxygens (including phenoxy) is 2. The van der Waals surface area contributed by atoms with Crippen molar-refractivity contribution >= 4 is 159 Å². The second kappa shape index (κ2) is 34.7. The lowest BCUT2D eigenvalue weighted by molar-refractivity contribution is -0.0505. The zero-order valence-corrected chi connectivity index (χ0v) is 62.2. The number of rotatable bonds is 15. The fourth-order valence-corrected chi connectivity index (χ4v) is 15.7. The van der Waals surface area contributed by atoms with Gasteiger partial charge in [0.1, 0.15) is 56.7 Å². The number of H-pyrrole nitrogens is 1. The average molecular weight is 1660 g/mol. The number of aromatic amines is 1. The van der Waals surface area contributed by atoms with Crippen LogP contribution >= 0.6 is 57.1 Å². The summed E-state index contributed by atoms with van der Waals surface area (Å²) in [5.41, 5.74) is 17.2. The molecule has 566 valence electrons. The van der Waals surface area contributed by atoms with Crippen LogP contribution in [0.2, 0.25) is 20.6 Å². The van der Waals surface area contributed by atoms with Gasteiger partial charge in [-0.05, 0) is 161 Å². The van der Waals surface area contributed by atoms with Crippen molar-refractivity contribution in [3.05, 3.63) is 240 Å². The van der Waals surface area contributed by atoms with E-state index in [0.29, 0.717) is 44.3 Å². The number of benzene rings is 7. The Morgan fingerprint density at radius 1 is 0.491 bits per heavy atom. The third-order valence-electron chi connectivity index (χ3n) is 15.7. The Labute approximate surface area is 643 Å². The minimum Gasteiger partial charge on any atom is -0.435 e. The molecule has 13 aromatic rings. The van der Waals surface area contributed by atoms with Crippen molar-refractivity contribution in [1.29, 1.82) is 0 Å². The number of halogens is 9. The molecule has 1 aliphatic heterocycles. The van der Waals surface area contributed by atoms with Crippen molar-refractivity contribution in [1.82, 2.24) is 42.8 Å². The molecule has 14 rings (SSSR count). The Morgan fingerprint density at radius 3 is 1.36 bits per heavy atom. The lowest BCUT2D eigenvalue weighted by atomic mass is 9.79. The van der Waals surface area contributed by atoms with Gasteiger partial charge in [-0.25, -0.2) is 71.5 Å². The smallest absolute Gasteiger partial charge is 0.435 e. The van der Waals surface area contributed by atoms with Gasteiger partial charge in [-0.2, -0.15) is 17.6 Å². The normalized spacial score (nSPS) is 13.1. The van der Waals surface area contributed by atoms with Gasteiger partial charge in [0.05, 0.1) is 47.6 Å². The SMILES string of the molecule is C.C.CC1(C)OB(c2ccc(N)cc2)OC1(C)C.Nc1ccc(-c2ncnc3c2cc(Cl)n3S(=O)(=O)c2ccccc2)cc1.O=S(=O)(Cl)c1ccc(OC(F)F)cc1.O=S(=O)(Nc1ccc(-c2ncnc3[nH]c(Cl)cc23)cc1)c1ccc(OC(F)F)cc1.O=S(=O)(c1ccccc1)n1c(Cl)cc2c(Cl)ncnc21. The van der Waals surface area contributed by atoms with Crippen LogP contribution in [0.1, 0.15) is 42.5 Å². The summed E-state index contributed by atoms with van der Waals surface area (Å²) in [5, 5.41) is 2.30. The Morgan fingerprint density at radius 2 is 0.898 bits per heavy atom. The molecule has 0 bridgehead atoms. The Bertz CT molecular complexity index is 5750. The van der Waals surface area contributed by atoms with E-state index in [1.165, 1.54) is 61.4 Å². The van der Waals surface area contributed by atoms with Gasteiger partial charge in [-0.15, -0.1) is 0 Å². The predicted octanol–water partition coefficient (Wildman–Crippen LogP) is 16.3. The van der Waals surface area contributed by atoms with Crippen LogP contribution in [0.4, 0.5) is 34.6 Å². The number of alkyl halides is 4. The minimum absolute atomic E-state index is 0. The first-order chi connectivity index (χ1) is 50.0. The number of nitrogens with two attached hydrogens (primary N) is 2. The van der Waals surface area contributed by atoms with Crippen LogP contribution in [0.3, 0.4) is 0 Å². The van der Waals surface area contributed by atoms with Crippen molar-refractivity contribution in [2.24, 2.45) is 0 Å². The van der Waals surface area contributed by atoms with E-state index in [-0.39, 0.29) is 91.0 Å². The van der Waals surface area contributed by atoms with Crippen molar-refractivity contribution in [2.75, 3.05) is 16.2 Å². The number of anilines is 3. The first-order valence-corrected chi connectivity index (χ1v) is 38.8. The predicted molar refractivity (Wildman–Crippen MR) is 412 cm³/mol. The van der Waals surface area contributed by atoms with Crippen molar-refractivity contribution in [3.63, 3.8) is 0 Å². The molecular formula is C70H64BCl5F4N12O12S4. The van der Waals surface area contributed by atoms with E-state index in [4.69, 9.17) is 77.9 Å². The number of hydrogen-bond acceptors (Lipinski definition) is 20. The number of nitrogen functional groups attached to an aromatic ring is 2. The molecule has 1 saturated heterocycles. The number of nitrogens with one attached hydrogen (secondary N) is 2. The van der Waals surface area contributed by atoms with Gasteiger partial charge in [0.2, 0.25) is 0 Å². The van der Waals surface area contributed by atoms with Crippen LogP contribution in [0.25, 0.3) is 55.6 Å². The van der Waals surface area contributed by atoms with Crippen molar-refractivity contribution < 1.29 is 70.0 Å². The summed E-state index contributed by atoms with van der Waals surface area (Å²) in [5.74, 6) is -0.251. The third kappa shape index (κ3) is 19.8. The van der Waals surface area contributed by atoms with Crippen LogP contribution < -0.4 is 31.1 Å². The van der Waals surface area contributed by atoms with E-state index >= 15 is 0 Å². The molecule has 0 radical (unpaired) electrons. The first-order valence-electron chi connectivity index (χ1n) is 30.6. The highest BCUT2D eigenvalue weighted by Crippen LogP contribution is 2.38. The molecule has 0 saturated carbocycles. The molecular weight excluding hydrogens is 1590 g/mol. The number of sulfonamides is 1. The molecule has 0 atom stereocenters. The van der Waals surface area contributed by atoms with Gasteiger partial charge in [0, 0.05) is 49.6 Å². The van der Waals surface area contributed by atoms with Gasteiger partial charge in [0.15, 0.2) is 11.3 Å². The van der Waals surface area contributed by atoms with Crippen LogP contribution in [-0.4, -0.2) is 108 Å². The van der Waals surface area contributed by atoms with E-state index < -0.39 is 52.3 Å². The molecule has 38 heteroatoms. The summed E-state index contributed by atoms with van der Waals surface area (Å²) in [4.78, 5) is 27.5. The third-order valence-corrected chi connectivity index (χ3v) is 23.1. The number of fused-ring (bicyclic) bond motifs is 3. The maximum Gasteiger partial charge on any atom is 0.494 e. The fraction of sp³-hybridized carbons (Fsp3) is 0.143. The zero-order chi connectivity index (χ0) is 76.7. The average Bonchev–Trinajstić information content (AvgIpc) is 1.59. The summed E-state index contributed by atoms with van der Waals surface area (Å²) in [6, 6.07) is 51.1. The highest BCUT2D eigenvalue weighted by molar-refractivity contribution is 8.13. The standard InChI is InChI=1S/C19H13ClF2N4O3S.C18H13ClN4O2S.C12H18BNO2.C12H7Cl2N3O2S.C7H5ClF2O3S.2CH4/c20-16-9-15-17(23-10-24-18(15)25-16)11-1-3-12(4-2-11)26-30(27,28)14-7-5-13(6-8-14)29-19(21)22;19-16-10-15-17(12-6-8-13(20)9-7-12)21-11-22-18(15)23(16)26(24,25)14-4-2-1-3-5-14;1-11(2)12(3,4)16-13(15-11)9-5-7-10(14)8-6-9;13-10-6-9-11(14)15-7-16-12(9)17(10)20(18,19)8-4-2-1-3-5-8;8-14(11,12)6-3-1-5(2-4-6)13-7(9)10;;/h1-10,19,26H,(H,23,24,25);1-11H,20H2;5-8H,14H2,1-4H3;1-7H;1-4,7H;2*1H4. The Kier molecular flexibility index (Phi) is 27.0. The van der Waals surface area contributed by atoms with E-state index in [1.807, 2.05) is 64.1 Å². The largest absolute Gasteiger partial charge is 0.494 e. The highest BCUT2D eigenvalue weighted by Gasteiger charge is 2.51. The van der Waals surface area contributed by atoms with Crippen LogP contribution in [0, 0.1) is 0 Å². The molecule has 108 heavy (non-hydrogen) atoms. The molecule has 7 heterocycles. The number of aromatic nitrogens is 9. The van der Waals surface area contributed by atoms with E-state index in [0.717, 1.165) is 72.0 Å². The molecule has 6 aromatic heterocycles. The molecule has 1 aliphatic rings. The molecule has 0 spiro atoms. The zero-order valence-electron chi connectivity index (χ0n) is 55.2. The maximum absolute atomic E-state index is 13.0. The van der Waals surface area contributed by atoms with Crippen LogP contribution in [0.15, 0.2) is 239 Å². The summed E-state index contributed by atoms with van der Waals surface area (Å²) in [6.45, 7) is 2.26. The molecule has 0 unspecified atom stereocenters. The van der Waals surface area contributed by atoms with E-state index in [1.54, 1.807) is 84.9 Å². The number of hydrogen-bond donors (Lipinski definition) is 4. The minimum atomic E-state index is -3.91. The van der Waals surface area contributed by atoms with E-state index in [9.17, 15) is 51.2 Å². The highest BCUT2D eigenvalue weighted by atomic mass is 35.7. The van der Waals surface area contributed by atoms with Gasteiger partial charge >= 0.3 is 20.3 Å². The molecule has 0 amide bonds. The summed E-state index contributed by atoms with van der Waals surface area (Å²) in [7, 11) is -10.7. The van der Waals surface area contributed by atoms with Gasteiger partial charge < -0.3 is 35.2 Å². The Hall–Kier alpha value is -9.65. The quantitative estimate of drug-likeness (QED) is 0.0243. The maximum atomic E-state index is 13.0. The molecule has 24 nitrogen and oxygen atoms in total. The van der Waals surface area contributed by atoms with Crippen LogP contribution in [-0.2, 0) is 48.4 Å². The second-order valence-corrected chi connectivity index (χ2v) is 32.6. The summed E-state index contributed by atoms with van der Waals surface area (Å²) in [6.07, 6.45) is 3.92. The molecule has 7 aromatic carbocycles. The second-order valence-electron chi connectivity index (χ2n) is 23.3. The number of nitrogens with zero attached hydrogens (tertiary/aromatic N) is 8. The summed E-state index contributed by atoms with van der Waals surface area (Å²) >= 11 is 24.2. The monoisotopic (exact) mass is 1650 g/mol. The van der Waals surface area contributed by atoms with E-state index in [2.05, 4.69) is 49.1 Å². The summed E-state index contributed by atoms with van der Waals surface area (Å²) < 4.78 is 170. The van der Waals surface area contributed by atoms with Gasteiger partial charge in [-0.3, -0.25) is 4.72 Å². The topological polar surface area (TPSA) is 341 Å². The lowest BCUT2D eigenvalue weighted by Gasteiger charge is -2.32. The van der Waals surface area contributed by atoms with Gasteiger partial charge in [0.25, 0.3) is 39.1 Å². The Balaban J connectivity index is 0.000000174. The first kappa shape index (κ1) is 84.0. The lowest BCUT2D eigenvalue weighted by Crippen LogP contribution is -2.41. The molecule has 0 aliphatic carbocycles. The molecule has 1 fully saturated rings. The fourth-order valence-electron chi connectivity index (χ4n) is 9.88.